The van der Waals surface area contributed by atoms with Crippen LogP contribution in [-0.2, 0) is 12.5 Å². The molecule has 0 spiro atoms. The number of benzene rings is 3. The smallest absolute Gasteiger partial charge is 0.507 e. The normalized spacial score (nSPS) is 12.0. The molecular weight excluding hydrogens is 481 g/mol. The summed E-state index contributed by atoms with van der Waals surface area (Å²) in [5.74, 6) is -5.75. The van der Waals surface area contributed by atoms with E-state index >= 15 is 4.39 Å². The second-order valence-corrected chi connectivity index (χ2v) is 7.73. The van der Waals surface area contributed by atoms with Gasteiger partial charge in [0.1, 0.15) is 28.6 Å². The van der Waals surface area contributed by atoms with Crippen molar-refractivity contribution in [3.63, 3.8) is 0 Å². The van der Waals surface area contributed by atoms with Gasteiger partial charge in [-0.05, 0) is 48.2 Å². The highest BCUT2D eigenvalue weighted by Gasteiger charge is 2.43. The van der Waals surface area contributed by atoms with Crippen molar-refractivity contribution in [1.29, 1.82) is 0 Å². The van der Waals surface area contributed by atoms with Gasteiger partial charge >= 0.3 is 12.5 Å². The van der Waals surface area contributed by atoms with Gasteiger partial charge in [-0.3, -0.25) is 0 Å². The number of unbranched alkanes of at least 4 members (excludes halogenated alkanes) is 2. The summed E-state index contributed by atoms with van der Waals surface area (Å²) < 4.78 is 104. The lowest BCUT2D eigenvalue weighted by Gasteiger charge is -2.21. The molecule has 3 rings (SSSR count). The van der Waals surface area contributed by atoms with Crippen LogP contribution >= 0.6 is 0 Å². The number of alkyl halides is 5. The lowest BCUT2D eigenvalue weighted by atomic mass is 9.97. The molecule has 0 aliphatic rings. The maximum absolute atomic E-state index is 15.2. The fraction of sp³-hybridized carbons (Fsp3) is 0.280. The highest BCUT2D eigenvalue weighted by molar-refractivity contribution is 5.72. The van der Waals surface area contributed by atoms with Crippen molar-refractivity contribution < 1.29 is 45.3 Å². The topological polar surface area (TPSA) is 38.7 Å². The quantitative estimate of drug-likeness (QED) is 0.237. The van der Waals surface area contributed by atoms with Gasteiger partial charge in [-0.15, -0.1) is 13.2 Å². The van der Waals surface area contributed by atoms with Crippen molar-refractivity contribution in [3.05, 3.63) is 77.4 Å². The molecule has 0 bridgehead atoms. The van der Waals surface area contributed by atoms with Gasteiger partial charge in [0.2, 0.25) is 0 Å². The first-order chi connectivity index (χ1) is 16.4. The Morgan fingerprint density at radius 2 is 1.37 bits per heavy atom. The fourth-order valence-corrected chi connectivity index (χ4v) is 3.47. The molecule has 3 aromatic carbocycles. The van der Waals surface area contributed by atoms with Gasteiger partial charge in [0.05, 0.1) is 5.56 Å². The highest BCUT2D eigenvalue weighted by atomic mass is 19.4. The standard InChI is InChI=1S/C25H21F7O3/c1-2-3-4-5-15-6-8-16(9-7-15)21-20(33)14-19(26)22(23(21)27)24(28,29)34-17-10-12-18(13-11-17)35-25(30,31)32/h6-14,33H,2-5H2,1H3. The lowest BCUT2D eigenvalue weighted by Crippen LogP contribution is -2.25. The number of halogens is 7. The van der Waals surface area contributed by atoms with E-state index in [0.29, 0.717) is 18.2 Å². The van der Waals surface area contributed by atoms with Crippen LogP contribution in [-0.4, -0.2) is 11.5 Å². The van der Waals surface area contributed by atoms with Crippen molar-refractivity contribution in [2.45, 2.75) is 45.1 Å². The molecule has 0 fully saturated rings. The van der Waals surface area contributed by atoms with Crippen LogP contribution in [0.4, 0.5) is 30.7 Å². The molecule has 0 aliphatic carbocycles. The first-order valence-electron chi connectivity index (χ1n) is 10.6. The summed E-state index contributed by atoms with van der Waals surface area (Å²) in [6.45, 7) is 2.05. The number of ether oxygens (including phenoxy) is 2. The Morgan fingerprint density at radius 3 is 1.91 bits per heavy atom. The molecule has 188 valence electrons. The van der Waals surface area contributed by atoms with Crippen molar-refractivity contribution in [3.8, 4) is 28.4 Å². The molecule has 1 N–H and O–H groups in total. The largest absolute Gasteiger partial charge is 0.573 e. The van der Waals surface area contributed by atoms with Crippen LogP contribution in [0.1, 0.15) is 37.3 Å². The average Bonchev–Trinajstić information content (AvgIpc) is 2.74. The zero-order chi connectivity index (χ0) is 25.8. The molecule has 0 heterocycles. The third-order valence-electron chi connectivity index (χ3n) is 5.10. The molecule has 0 aliphatic heterocycles. The SMILES string of the molecule is CCCCCc1ccc(-c2c(O)cc(F)c(C(F)(F)Oc3ccc(OC(F)(F)F)cc3)c2F)cc1. The Labute approximate surface area is 196 Å². The molecule has 0 unspecified atom stereocenters. The highest BCUT2D eigenvalue weighted by Crippen LogP contribution is 2.42. The average molecular weight is 502 g/mol. The van der Waals surface area contributed by atoms with E-state index in [-0.39, 0.29) is 5.56 Å². The van der Waals surface area contributed by atoms with Crippen LogP contribution in [0.5, 0.6) is 17.2 Å². The third-order valence-corrected chi connectivity index (χ3v) is 5.10. The minimum absolute atomic E-state index is 0.0462. The minimum Gasteiger partial charge on any atom is -0.507 e. The Bertz CT molecular complexity index is 1140. The van der Waals surface area contributed by atoms with Crippen molar-refractivity contribution in [2.75, 3.05) is 0 Å². The summed E-state index contributed by atoms with van der Waals surface area (Å²) in [7, 11) is 0. The zero-order valence-corrected chi connectivity index (χ0v) is 18.4. The number of aromatic hydroxyl groups is 1. The van der Waals surface area contributed by atoms with Gasteiger partial charge in [-0.2, -0.15) is 8.78 Å². The van der Waals surface area contributed by atoms with Crippen LogP contribution in [0.15, 0.2) is 54.6 Å². The van der Waals surface area contributed by atoms with E-state index in [9.17, 15) is 31.4 Å². The molecule has 0 saturated carbocycles. The third kappa shape index (κ3) is 6.58. The maximum atomic E-state index is 15.2. The number of phenolic OH excluding ortho intramolecular Hbond substituents is 1. The summed E-state index contributed by atoms with van der Waals surface area (Å²) in [4.78, 5) is 0. The number of hydrogen-bond donors (Lipinski definition) is 1. The predicted octanol–water partition coefficient (Wildman–Crippen LogP) is 8.10. The van der Waals surface area contributed by atoms with Crippen molar-refractivity contribution in [2.24, 2.45) is 0 Å². The molecular formula is C25H21F7O3. The number of hydrogen-bond acceptors (Lipinski definition) is 3. The van der Waals surface area contributed by atoms with Crippen molar-refractivity contribution >= 4 is 0 Å². The predicted molar refractivity (Wildman–Crippen MR) is 114 cm³/mol. The summed E-state index contributed by atoms with van der Waals surface area (Å²) in [5.41, 5.74) is -1.42. The van der Waals surface area contributed by atoms with Gasteiger partial charge in [0, 0.05) is 6.07 Å². The molecule has 0 aromatic heterocycles. The minimum atomic E-state index is -4.99. The molecule has 0 saturated heterocycles. The first-order valence-corrected chi connectivity index (χ1v) is 10.6. The van der Waals surface area contributed by atoms with E-state index in [2.05, 4.69) is 16.4 Å². The first kappa shape index (κ1) is 26.2. The monoisotopic (exact) mass is 502 g/mol. The Morgan fingerprint density at radius 1 is 0.800 bits per heavy atom. The van der Waals surface area contributed by atoms with E-state index in [1.54, 1.807) is 12.1 Å². The van der Waals surface area contributed by atoms with E-state index in [1.807, 2.05) is 0 Å². The summed E-state index contributed by atoms with van der Waals surface area (Å²) >= 11 is 0. The second kappa shape index (κ2) is 10.5. The molecule has 10 heteroatoms. The molecule has 0 atom stereocenters. The van der Waals surface area contributed by atoms with Crippen molar-refractivity contribution in [1.82, 2.24) is 0 Å². The fourth-order valence-electron chi connectivity index (χ4n) is 3.47. The van der Waals surface area contributed by atoms with Gasteiger partial charge in [0.25, 0.3) is 0 Å². The number of rotatable bonds is 9. The summed E-state index contributed by atoms with van der Waals surface area (Å²) in [5, 5.41) is 10.1. The van der Waals surface area contributed by atoms with E-state index in [0.717, 1.165) is 43.4 Å². The van der Waals surface area contributed by atoms with Crippen LogP contribution < -0.4 is 9.47 Å². The summed E-state index contributed by atoms with van der Waals surface area (Å²) in [6, 6.07) is 9.39. The zero-order valence-electron chi connectivity index (χ0n) is 18.4. The van der Waals surface area contributed by atoms with Gasteiger partial charge in [-0.1, -0.05) is 44.0 Å². The molecule has 35 heavy (non-hydrogen) atoms. The Kier molecular flexibility index (Phi) is 7.82. The van der Waals surface area contributed by atoms with E-state index in [1.165, 1.54) is 12.1 Å². The van der Waals surface area contributed by atoms with Crippen LogP contribution in [0.25, 0.3) is 11.1 Å². The second-order valence-electron chi connectivity index (χ2n) is 7.73. The van der Waals surface area contributed by atoms with E-state index < -0.39 is 52.5 Å². The number of phenols is 1. The molecule has 3 nitrogen and oxygen atoms in total. The maximum Gasteiger partial charge on any atom is 0.573 e. The molecule has 0 amide bonds. The molecule has 0 radical (unpaired) electrons. The molecule has 3 aromatic rings. The Balaban J connectivity index is 1.90. The van der Waals surface area contributed by atoms with Crippen LogP contribution in [0.2, 0.25) is 0 Å². The Hall–Kier alpha value is -3.43. The van der Waals surface area contributed by atoms with Crippen LogP contribution in [0, 0.1) is 11.6 Å². The summed E-state index contributed by atoms with van der Waals surface area (Å²) in [6.07, 6.45) is -5.82. The lowest BCUT2D eigenvalue weighted by molar-refractivity contribution is -0.274. The van der Waals surface area contributed by atoms with Gasteiger partial charge in [-0.25, -0.2) is 8.78 Å². The number of aryl methyl sites for hydroxylation is 1. The van der Waals surface area contributed by atoms with Gasteiger partial charge < -0.3 is 14.6 Å². The van der Waals surface area contributed by atoms with E-state index in [4.69, 9.17) is 0 Å². The van der Waals surface area contributed by atoms with Gasteiger partial charge in [0.15, 0.2) is 5.82 Å². The van der Waals surface area contributed by atoms with Crippen LogP contribution in [0.3, 0.4) is 0 Å².